The Balaban J connectivity index is 2.34. The van der Waals surface area contributed by atoms with E-state index in [1.54, 1.807) is 0 Å². The number of imide groups is 1. The summed E-state index contributed by atoms with van der Waals surface area (Å²) in [6, 6.07) is 8.08. The maximum atomic E-state index is 11.8. The second kappa shape index (κ2) is 4.70. The Hall–Kier alpha value is -1.64. The van der Waals surface area contributed by atoms with Crippen molar-refractivity contribution in [1.82, 2.24) is 5.32 Å². The average molecular weight is 231 g/mol. The number of carbonyl (C=O) groups is 2. The zero-order valence-corrected chi connectivity index (χ0v) is 10.2. The Kier molecular flexibility index (Phi) is 3.27. The lowest BCUT2D eigenvalue weighted by Gasteiger charge is -2.29. The van der Waals surface area contributed by atoms with Gasteiger partial charge in [-0.25, -0.2) is 0 Å². The van der Waals surface area contributed by atoms with Crippen LogP contribution in [0.15, 0.2) is 24.3 Å². The standard InChI is InChI=1S/C14H17NO2/c1-3-11-12(8-13(16)15-14(11)17)10-6-4-5-9(2)7-10/h4-7,11-12H,3,8H2,1-2H3,(H,15,16,17). The van der Waals surface area contributed by atoms with Gasteiger partial charge in [0, 0.05) is 18.3 Å². The second-order valence-corrected chi connectivity index (χ2v) is 4.65. The fourth-order valence-electron chi connectivity index (χ4n) is 2.53. The van der Waals surface area contributed by atoms with Crippen molar-refractivity contribution in [1.29, 1.82) is 0 Å². The third kappa shape index (κ3) is 2.38. The molecule has 0 bridgehead atoms. The minimum absolute atomic E-state index is 0.0288. The van der Waals surface area contributed by atoms with Gasteiger partial charge >= 0.3 is 0 Å². The number of benzene rings is 1. The minimum atomic E-state index is -0.161. The van der Waals surface area contributed by atoms with Gasteiger partial charge in [-0.05, 0) is 18.9 Å². The van der Waals surface area contributed by atoms with Crippen LogP contribution in [-0.2, 0) is 9.59 Å². The number of nitrogens with one attached hydrogen (secondary N) is 1. The zero-order valence-electron chi connectivity index (χ0n) is 10.2. The molecule has 1 fully saturated rings. The van der Waals surface area contributed by atoms with Crippen molar-refractivity contribution in [2.45, 2.75) is 32.6 Å². The van der Waals surface area contributed by atoms with E-state index >= 15 is 0 Å². The van der Waals surface area contributed by atoms with Crippen LogP contribution in [0.1, 0.15) is 36.8 Å². The van der Waals surface area contributed by atoms with Gasteiger partial charge in [0.25, 0.3) is 0 Å². The molecule has 0 spiro atoms. The molecule has 2 rings (SSSR count). The Morgan fingerprint density at radius 1 is 1.35 bits per heavy atom. The molecule has 2 atom stereocenters. The molecule has 1 N–H and O–H groups in total. The number of carbonyl (C=O) groups excluding carboxylic acids is 2. The first-order chi connectivity index (χ1) is 8.11. The number of rotatable bonds is 2. The quantitative estimate of drug-likeness (QED) is 0.793. The van der Waals surface area contributed by atoms with E-state index in [4.69, 9.17) is 0 Å². The van der Waals surface area contributed by atoms with Crippen LogP contribution >= 0.6 is 0 Å². The van der Waals surface area contributed by atoms with Crippen molar-refractivity contribution < 1.29 is 9.59 Å². The second-order valence-electron chi connectivity index (χ2n) is 4.65. The van der Waals surface area contributed by atoms with Gasteiger partial charge in [0.2, 0.25) is 11.8 Å². The van der Waals surface area contributed by atoms with Gasteiger partial charge in [0.15, 0.2) is 0 Å². The SMILES string of the molecule is CCC1C(=O)NC(=O)CC1c1cccc(C)c1. The Labute approximate surface area is 101 Å². The van der Waals surface area contributed by atoms with Crippen LogP contribution in [0.25, 0.3) is 0 Å². The van der Waals surface area contributed by atoms with Crippen molar-refractivity contribution in [2.75, 3.05) is 0 Å². The third-order valence-electron chi connectivity index (χ3n) is 3.40. The first-order valence-corrected chi connectivity index (χ1v) is 6.02. The van der Waals surface area contributed by atoms with Crippen LogP contribution in [0.2, 0.25) is 0 Å². The van der Waals surface area contributed by atoms with Gasteiger partial charge in [0.05, 0.1) is 0 Å². The molecule has 0 aliphatic carbocycles. The highest BCUT2D eigenvalue weighted by Crippen LogP contribution is 2.33. The lowest BCUT2D eigenvalue weighted by atomic mass is 9.78. The van der Waals surface area contributed by atoms with Crippen molar-refractivity contribution in [3.05, 3.63) is 35.4 Å². The normalized spacial score (nSPS) is 24.6. The highest BCUT2D eigenvalue weighted by molar-refractivity contribution is 5.99. The van der Waals surface area contributed by atoms with E-state index in [0.29, 0.717) is 6.42 Å². The molecule has 2 unspecified atom stereocenters. The molecule has 0 aromatic heterocycles. The lowest BCUT2D eigenvalue weighted by Crippen LogP contribution is -2.44. The van der Waals surface area contributed by atoms with Gasteiger partial charge in [-0.3, -0.25) is 14.9 Å². The molecular formula is C14H17NO2. The molecule has 1 heterocycles. The van der Waals surface area contributed by atoms with E-state index in [0.717, 1.165) is 17.5 Å². The minimum Gasteiger partial charge on any atom is -0.296 e. The Morgan fingerprint density at radius 3 is 2.76 bits per heavy atom. The summed E-state index contributed by atoms with van der Waals surface area (Å²) in [6.45, 7) is 4.01. The van der Waals surface area contributed by atoms with Crippen molar-refractivity contribution >= 4 is 11.8 Å². The van der Waals surface area contributed by atoms with E-state index in [1.807, 2.05) is 32.0 Å². The molecule has 1 aliphatic heterocycles. The van der Waals surface area contributed by atoms with E-state index in [-0.39, 0.29) is 23.7 Å². The molecule has 90 valence electrons. The van der Waals surface area contributed by atoms with Crippen LogP contribution in [0.5, 0.6) is 0 Å². The summed E-state index contributed by atoms with van der Waals surface area (Å²) in [7, 11) is 0. The molecule has 3 heteroatoms. The summed E-state index contributed by atoms with van der Waals surface area (Å²) in [5, 5.41) is 2.42. The van der Waals surface area contributed by atoms with Gasteiger partial charge in [-0.2, -0.15) is 0 Å². The van der Waals surface area contributed by atoms with Crippen LogP contribution < -0.4 is 5.32 Å². The topological polar surface area (TPSA) is 46.2 Å². The summed E-state index contributed by atoms with van der Waals surface area (Å²) in [4.78, 5) is 23.2. The summed E-state index contributed by atoms with van der Waals surface area (Å²) in [5.41, 5.74) is 2.26. The molecule has 3 nitrogen and oxygen atoms in total. The average Bonchev–Trinajstić information content (AvgIpc) is 2.28. The summed E-state index contributed by atoms with van der Waals surface area (Å²) >= 11 is 0. The zero-order chi connectivity index (χ0) is 12.4. The fraction of sp³-hybridized carbons (Fsp3) is 0.429. The molecule has 0 radical (unpaired) electrons. The van der Waals surface area contributed by atoms with Crippen LogP contribution in [0.3, 0.4) is 0 Å². The number of piperidine rings is 1. The first kappa shape index (κ1) is 11.8. The summed E-state index contributed by atoms with van der Waals surface area (Å²) in [5.74, 6) is -0.350. The highest BCUT2D eigenvalue weighted by Gasteiger charge is 2.35. The predicted molar refractivity (Wildman–Crippen MR) is 65.5 cm³/mol. The fourth-order valence-corrected chi connectivity index (χ4v) is 2.53. The molecule has 1 saturated heterocycles. The molecule has 0 saturated carbocycles. The first-order valence-electron chi connectivity index (χ1n) is 6.02. The van der Waals surface area contributed by atoms with Crippen molar-refractivity contribution in [3.8, 4) is 0 Å². The van der Waals surface area contributed by atoms with E-state index in [2.05, 4.69) is 11.4 Å². The van der Waals surface area contributed by atoms with E-state index < -0.39 is 0 Å². The van der Waals surface area contributed by atoms with Gasteiger partial charge in [-0.15, -0.1) is 0 Å². The van der Waals surface area contributed by atoms with Crippen LogP contribution in [0.4, 0.5) is 0 Å². The molecular weight excluding hydrogens is 214 g/mol. The number of aryl methyl sites for hydroxylation is 1. The van der Waals surface area contributed by atoms with Crippen LogP contribution in [0, 0.1) is 12.8 Å². The predicted octanol–water partition coefficient (Wildman–Crippen LogP) is 2.15. The van der Waals surface area contributed by atoms with Crippen LogP contribution in [-0.4, -0.2) is 11.8 Å². The number of amides is 2. The monoisotopic (exact) mass is 231 g/mol. The van der Waals surface area contributed by atoms with E-state index in [9.17, 15) is 9.59 Å². The van der Waals surface area contributed by atoms with Crippen molar-refractivity contribution in [2.24, 2.45) is 5.92 Å². The molecule has 1 aromatic rings. The van der Waals surface area contributed by atoms with Gasteiger partial charge < -0.3 is 0 Å². The summed E-state index contributed by atoms with van der Waals surface area (Å²) in [6.07, 6.45) is 1.17. The lowest BCUT2D eigenvalue weighted by molar-refractivity contribution is -0.137. The molecule has 2 amide bonds. The molecule has 1 aliphatic rings. The smallest absolute Gasteiger partial charge is 0.230 e. The Bertz CT molecular complexity index is 453. The number of hydrogen-bond donors (Lipinski definition) is 1. The largest absolute Gasteiger partial charge is 0.296 e. The third-order valence-corrected chi connectivity index (χ3v) is 3.40. The van der Waals surface area contributed by atoms with E-state index in [1.165, 1.54) is 0 Å². The van der Waals surface area contributed by atoms with Gasteiger partial charge in [-0.1, -0.05) is 36.8 Å². The van der Waals surface area contributed by atoms with Gasteiger partial charge in [0.1, 0.15) is 0 Å². The maximum Gasteiger partial charge on any atom is 0.230 e. The maximum absolute atomic E-state index is 11.8. The van der Waals surface area contributed by atoms with Crippen molar-refractivity contribution in [3.63, 3.8) is 0 Å². The molecule has 1 aromatic carbocycles. The molecule has 17 heavy (non-hydrogen) atoms. The highest BCUT2D eigenvalue weighted by atomic mass is 16.2. The Morgan fingerprint density at radius 2 is 2.12 bits per heavy atom. The summed E-state index contributed by atoms with van der Waals surface area (Å²) < 4.78 is 0. The number of hydrogen-bond acceptors (Lipinski definition) is 2.